The van der Waals surface area contributed by atoms with E-state index in [1.807, 2.05) is 0 Å². The maximum atomic E-state index is 12.9. The van der Waals surface area contributed by atoms with E-state index in [1.165, 1.54) is 12.1 Å². The van der Waals surface area contributed by atoms with Crippen molar-refractivity contribution in [1.82, 2.24) is 5.32 Å². The van der Waals surface area contributed by atoms with Crippen molar-refractivity contribution < 1.29 is 9.18 Å². The van der Waals surface area contributed by atoms with Crippen molar-refractivity contribution >= 4 is 17.5 Å². The highest BCUT2D eigenvalue weighted by Gasteiger charge is 2.10. The zero-order valence-corrected chi connectivity index (χ0v) is 9.44. The largest absolute Gasteiger partial charge is 0.351 e. The van der Waals surface area contributed by atoms with Crippen molar-refractivity contribution in [3.63, 3.8) is 0 Å². The second-order valence-corrected chi connectivity index (χ2v) is 4.20. The highest BCUT2D eigenvalue weighted by Crippen LogP contribution is 2.10. The van der Waals surface area contributed by atoms with Crippen molar-refractivity contribution in [3.8, 4) is 0 Å². The van der Waals surface area contributed by atoms with E-state index in [-0.39, 0.29) is 11.3 Å². The molecule has 0 saturated carbocycles. The van der Waals surface area contributed by atoms with Gasteiger partial charge in [-0.1, -0.05) is 6.07 Å². The molecule has 0 fully saturated rings. The first-order chi connectivity index (χ1) is 7.00. The normalized spacial score (nSPS) is 12.3. The van der Waals surface area contributed by atoms with Crippen LogP contribution in [0.3, 0.4) is 0 Å². The third kappa shape index (κ3) is 3.51. The van der Waals surface area contributed by atoms with Gasteiger partial charge in [0, 0.05) is 17.5 Å². The van der Waals surface area contributed by atoms with Gasteiger partial charge < -0.3 is 5.32 Å². The minimum absolute atomic E-state index is 0.136. The molecule has 1 amide bonds. The zero-order valence-electron chi connectivity index (χ0n) is 8.68. The van der Waals surface area contributed by atoms with Crippen LogP contribution >= 0.6 is 11.6 Å². The smallest absolute Gasteiger partial charge is 0.251 e. The van der Waals surface area contributed by atoms with E-state index in [0.29, 0.717) is 12.1 Å². The lowest BCUT2D eigenvalue weighted by atomic mass is 10.1. The summed E-state index contributed by atoms with van der Waals surface area (Å²) in [7, 11) is 0. The van der Waals surface area contributed by atoms with Crippen LogP contribution in [0.1, 0.15) is 22.8 Å². The second-order valence-electron chi connectivity index (χ2n) is 3.45. The van der Waals surface area contributed by atoms with Crippen molar-refractivity contribution in [3.05, 3.63) is 35.1 Å². The zero-order chi connectivity index (χ0) is 11.4. The second kappa shape index (κ2) is 5.12. The number of nitrogens with one attached hydrogen (secondary N) is 1. The van der Waals surface area contributed by atoms with E-state index >= 15 is 0 Å². The van der Waals surface area contributed by atoms with E-state index in [2.05, 4.69) is 5.32 Å². The fraction of sp³-hybridized carbons (Fsp3) is 0.364. The van der Waals surface area contributed by atoms with Crippen LogP contribution < -0.4 is 5.32 Å². The van der Waals surface area contributed by atoms with Crippen LogP contribution in [-0.2, 0) is 0 Å². The number of rotatable bonds is 3. The Hall–Kier alpha value is -1.09. The summed E-state index contributed by atoms with van der Waals surface area (Å²) in [6, 6.07) is 4.13. The van der Waals surface area contributed by atoms with Gasteiger partial charge in [0.05, 0.1) is 0 Å². The number of alkyl halides is 1. The number of benzene rings is 1. The van der Waals surface area contributed by atoms with Crippen molar-refractivity contribution in [2.45, 2.75) is 19.2 Å². The molecule has 0 aliphatic rings. The van der Waals surface area contributed by atoms with Gasteiger partial charge in [0.2, 0.25) is 0 Å². The molecular weight excluding hydrogens is 217 g/mol. The van der Waals surface area contributed by atoms with Crippen LogP contribution in [0.5, 0.6) is 0 Å². The Morgan fingerprint density at radius 1 is 1.60 bits per heavy atom. The maximum absolute atomic E-state index is 12.9. The summed E-state index contributed by atoms with van der Waals surface area (Å²) >= 11 is 5.69. The standard InChI is InChI=1S/C11H13ClFNO/c1-7-3-4-9(13)5-10(7)11(15)14-6-8(2)12/h3-5,8H,6H2,1-2H3,(H,14,15). The molecule has 0 radical (unpaired) electrons. The third-order valence-corrected chi connectivity index (χ3v) is 2.14. The quantitative estimate of drug-likeness (QED) is 0.793. The molecule has 1 aromatic rings. The van der Waals surface area contributed by atoms with Crippen LogP contribution in [-0.4, -0.2) is 17.8 Å². The summed E-state index contributed by atoms with van der Waals surface area (Å²) in [4.78, 5) is 11.6. The minimum Gasteiger partial charge on any atom is -0.351 e. The summed E-state index contributed by atoms with van der Waals surface area (Å²) < 4.78 is 12.9. The Kier molecular flexibility index (Phi) is 4.09. The van der Waals surface area contributed by atoms with Gasteiger partial charge in [0.1, 0.15) is 5.82 Å². The first-order valence-corrected chi connectivity index (χ1v) is 5.12. The molecule has 0 aliphatic carbocycles. The van der Waals surface area contributed by atoms with Gasteiger partial charge in [-0.2, -0.15) is 0 Å². The van der Waals surface area contributed by atoms with Gasteiger partial charge in [-0.25, -0.2) is 4.39 Å². The summed E-state index contributed by atoms with van der Waals surface area (Å²) in [5.74, 6) is -0.704. The van der Waals surface area contributed by atoms with Gasteiger partial charge in [0.25, 0.3) is 5.91 Å². The summed E-state index contributed by atoms with van der Waals surface area (Å²) in [5.41, 5.74) is 1.10. The maximum Gasteiger partial charge on any atom is 0.251 e. The van der Waals surface area contributed by atoms with Gasteiger partial charge in [-0.3, -0.25) is 4.79 Å². The molecule has 82 valence electrons. The van der Waals surface area contributed by atoms with Crippen molar-refractivity contribution in [1.29, 1.82) is 0 Å². The lowest BCUT2D eigenvalue weighted by Gasteiger charge is -2.08. The van der Waals surface area contributed by atoms with E-state index in [9.17, 15) is 9.18 Å². The average Bonchev–Trinajstić information content (AvgIpc) is 2.18. The fourth-order valence-corrected chi connectivity index (χ4v) is 1.24. The van der Waals surface area contributed by atoms with Gasteiger partial charge >= 0.3 is 0 Å². The lowest BCUT2D eigenvalue weighted by molar-refractivity contribution is 0.0953. The molecular formula is C11H13ClFNO. The molecule has 1 N–H and O–H groups in total. The molecule has 0 aromatic heterocycles. The first kappa shape index (κ1) is 12.0. The van der Waals surface area contributed by atoms with Crippen LogP contribution in [0.4, 0.5) is 4.39 Å². The van der Waals surface area contributed by atoms with Crippen molar-refractivity contribution in [2.24, 2.45) is 0 Å². The van der Waals surface area contributed by atoms with Crippen LogP contribution in [0.25, 0.3) is 0 Å². The van der Waals surface area contributed by atoms with E-state index in [1.54, 1.807) is 19.9 Å². The van der Waals surface area contributed by atoms with Crippen LogP contribution in [0, 0.1) is 12.7 Å². The fourth-order valence-electron chi connectivity index (χ4n) is 1.17. The highest BCUT2D eigenvalue weighted by atomic mass is 35.5. The van der Waals surface area contributed by atoms with E-state index in [0.717, 1.165) is 5.56 Å². The summed E-state index contributed by atoms with van der Waals surface area (Å²) in [5, 5.41) is 2.49. The van der Waals surface area contributed by atoms with Crippen molar-refractivity contribution in [2.75, 3.05) is 6.54 Å². The number of hydrogen-bond donors (Lipinski definition) is 1. The molecule has 0 spiro atoms. The molecule has 1 aromatic carbocycles. The van der Waals surface area contributed by atoms with Crippen LogP contribution in [0.15, 0.2) is 18.2 Å². The highest BCUT2D eigenvalue weighted by molar-refractivity contribution is 6.20. The number of hydrogen-bond acceptors (Lipinski definition) is 1. The Balaban J connectivity index is 2.77. The molecule has 0 aliphatic heterocycles. The number of carbonyl (C=O) groups is 1. The number of carbonyl (C=O) groups excluding carboxylic acids is 1. The summed E-state index contributed by atoms with van der Waals surface area (Å²) in [6.07, 6.45) is 0. The molecule has 1 unspecified atom stereocenters. The molecule has 2 nitrogen and oxygen atoms in total. The monoisotopic (exact) mass is 229 g/mol. The Labute approximate surface area is 93.4 Å². The Bertz CT molecular complexity index is 366. The van der Waals surface area contributed by atoms with E-state index < -0.39 is 5.82 Å². The molecule has 15 heavy (non-hydrogen) atoms. The SMILES string of the molecule is Cc1ccc(F)cc1C(=O)NCC(C)Cl. The number of aryl methyl sites for hydroxylation is 1. The number of amides is 1. The molecule has 0 heterocycles. The van der Waals surface area contributed by atoms with Gasteiger partial charge in [-0.05, 0) is 31.5 Å². The van der Waals surface area contributed by atoms with Gasteiger partial charge in [-0.15, -0.1) is 11.6 Å². The Morgan fingerprint density at radius 2 is 2.27 bits per heavy atom. The molecule has 4 heteroatoms. The van der Waals surface area contributed by atoms with E-state index in [4.69, 9.17) is 11.6 Å². The minimum atomic E-state index is -0.412. The molecule has 1 atom stereocenters. The Morgan fingerprint density at radius 3 is 2.87 bits per heavy atom. The molecule has 0 bridgehead atoms. The third-order valence-electron chi connectivity index (χ3n) is 1.99. The molecule has 1 rings (SSSR count). The predicted octanol–water partition coefficient (Wildman–Crippen LogP) is 2.49. The first-order valence-electron chi connectivity index (χ1n) is 4.69. The van der Waals surface area contributed by atoms with Gasteiger partial charge in [0.15, 0.2) is 0 Å². The number of halogens is 2. The topological polar surface area (TPSA) is 29.1 Å². The molecule has 0 saturated heterocycles. The lowest BCUT2D eigenvalue weighted by Crippen LogP contribution is -2.29. The summed E-state index contributed by atoms with van der Waals surface area (Å²) in [6.45, 7) is 3.91. The van der Waals surface area contributed by atoms with Crippen LogP contribution in [0.2, 0.25) is 0 Å². The predicted molar refractivity (Wildman–Crippen MR) is 58.8 cm³/mol. The average molecular weight is 230 g/mol.